The molecule has 2 amide bonds. The maximum atomic E-state index is 13.6. The Kier molecular flexibility index (Phi) is 10.3. The molecule has 1 heterocycles. The molecule has 48 heavy (non-hydrogen) atoms. The number of alkyl halides is 6. The third-order valence-electron chi connectivity index (χ3n) is 7.20. The Bertz CT molecular complexity index is 1810. The van der Waals surface area contributed by atoms with Crippen molar-refractivity contribution >= 4 is 38.9 Å². The third-order valence-corrected chi connectivity index (χ3v) is 7.79. The SMILES string of the molecule is COc1c(NC(=O)c2ccc(C)c(N3CC(C(=O)N[C@H](C)c4ccccc4)N=N3)c2)cc(C(C(F)(F)F)C(F)(F)F)cc1NS(C)(=O)=O. The van der Waals surface area contributed by atoms with Crippen molar-refractivity contribution in [1.29, 1.82) is 0 Å². The molecule has 0 spiro atoms. The summed E-state index contributed by atoms with van der Waals surface area (Å²) in [4.78, 5) is 26.3. The standard InChI is InChI=1S/C30H30F6N6O5S/c1-16-10-11-19(14-24(16)42-15-23(39-41-42)28(44)37-17(2)18-8-6-5-7-9-18)27(43)38-21-12-20(26(29(31,32)33)30(34,35)36)13-22(25(21)47-3)40-48(4,45)46/h5-14,17,23,26,40H,15H2,1-4H3,(H,37,44)(H,38,43)/t17-,23?/m1/s1. The molecule has 0 aromatic heterocycles. The lowest BCUT2D eigenvalue weighted by molar-refractivity contribution is -0.253. The van der Waals surface area contributed by atoms with Crippen LogP contribution < -0.4 is 25.1 Å². The number of nitrogens with one attached hydrogen (secondary N) is 3. The molecule has 3 aromatic rings. The van der Waals surface area contributed by atoms with Gasteiger partial charge in [0.15, 0.2) is 17.7 Å². The van der Waals surface area contributed by atoms with Crippen LogP contribution >= 0.6 is 0 Å². The molecule has 4 rings (SSSR count). The molecule has 18 heteroatoms. The van der Waals surface area contributed by atoms with Gasteiger partial charge in [0.25, 0.3) is 5.91 Å². The summed E-state index contributed by atoms with van der Waals surface area (Å²) in [5, 5.41) is 14.6. The Morgan fingerprint density at radius 2 is 1.58 bits per heavy atom. The van der Waals surface area contributed by atoms with Gasteiger partial charge in [-0.15, -0.1) is 0 Å². The minimum Gasteiger partial charge on any atom is -0.492 e. The fourth-order valence-electron chi connectivity index (χ4n) is 4.97. The van der Waals surface area contributed by atoms with Gasteiger partial charge in [-0.3, -0.25) is 14.3 Å². The molecule has 0 fully saturated rings. The fourth-order valence-corrected chi connectivity index (χ4v) is 5.52. The average molecular weight is 701 g/mol. The Labute approximate surface area is 271 Å². The first-order chi connectivity index (χ1) is 22.3. The van der Waals surface area contributed by atoms with E-state index in [4.69, 9.17) is 4.74 Å². The first-order valence-electron chi connectivity index (χ1n) is 14.1. The van der Waals surface area contributed by atoms with Gasteiger partial charge in [-0.25, -0.2) is 13.4 Å². The maximum Gasteiger partial charge on any atom is 0.404 e. The number of hydrogen-bond acceptors (Lipinski definition) is 8. The monoisotopic (exact) mass is 700 g/mol. The van der Waals surface area contributed by atoms with Crippen molar-refractivity contribution in [2.45, 2.75) is 44.2 Å². The first kappa shape index (κ1) is 36.0. The number of carbonyl (C=O) groups excluding carboxylic acids is 2. The highest BCUT2D eigenvalue weighted by atomic mass is 32.2. The van der Waals surface area contributed by atoms with E-state index in [-0.39, 0.29) is 18.2 Å². The van der Waals surface area contributed by atoms with Crippen molar-refractivity contribution in [2.24, 2.45) is 10.3 Å². The van der Waals surface area contributed by atoms with Gasteiger partial charge in [0.05, 0.1) is 43.0 Å². The summed E-state index contributed by atoms with van der Waals surface area (Å²) in [5.74, 6) is -5.95. The molecule has 1 aliphatic heterocycles. The van der Waals surface area contributed by atoms with E-state index in [1.54, 1.807) is 13.8 Å². The number of carbonyl (C=O) groups is 2. The van der Waals surface area contributed by atoms with Gasteiger partial charge in [0, 0.05) is 5.56 Å². The lowest BCUT2D eigenvalue weighted by Gasteiger charge is -2.25. The van der Waals surface area contributed by atoms with E-state index in [1.807, 2.05) is 35.1 Å². The second kappa shape index (κ2) is 13.7. The second-order valence-electron chi connectivity index (χ2n) is 10.9. The normalized spacial score (nSPS) is 15.7. The molecular formula is C30H30F6N6O5S. The van der Waals surface area contributed by atoms with Gasteiger partial charge in [-0.1, -0.05) is 41.6 Å². The second-order valence-corrected chi connectivity index (χ2v) is 12.7. The molecule has 3 aromatic carbocycles. The summed E-state index contributed by atoms with van der Waals surface area (Å²) in [6.45, 7) is 3.49. The Morgan fingerprint density at radius 3 is 2.17 bits per heavy atom. The summed E-state index contributed by atoms with van der Waals surface area (Å²) in [6.07, 6.45) is -11.0. The number of anilines is 3. The topological polar surface area (TPSA) is 142 Å². The number of ether oxygens (including phenoxy) is 1. The Morgan fingerprint density at radius 1 is 0.958 bits per heavy atom. The number of nitrogens with zero attached hydrogens (tertiary/aromatic N) is 3. The van der Waals surface area contributed by atoms with Gasteiger partial charge < -0.3 is 15.4 Å². The molecule has 1 unspecified atom stereocenters. The number of halogens is 6. The number of sulfonamides is 1. The summed E-state index contributed by atoms with van der Waals surface area (Å²) in [6, 6.07) is 13.0. The van der Waals surface area contributed by atoms with Crippen molar-refractivity contribution in [3.63, 3.8) is 0 Å². The summed E-state index contributed by atoms with van der Waals surface area (Å²) >= 11 is 0. The van der Waals surface area contributed by atoms with Crippen LogP contribution in [0.25, 0.3) is 0 Å². The summed E-state index contributed by atoms with van der Waals surface area (Å²) in [5.41, 5.74) is -1.12. The molecule has 258 valence electrons. The minimum absolute atomic E-state index is 0.00587. The molecular weight excluding hydrogens is 670 g/mol. The van der Waals surface area contributed by atoms with E-state index in [0.29, 0.717) is 29.6 Å². The first-order valence-corrected chi connectivity index (χ1v) is 16.0. The van der Waals surface area contributed by atoms with Crippen LogP contribution in [0, 0.1) is 6.92 Å². The molecule has 11 nitrogen and oxygen atoms in total. The predicted octanol–water partition coefficient (Wildman–Crippen LogP) is 6.27. The molecule has 0 saturated carbocycles. The number of methoxy groups -OCH3 is 1. The smallest absolute Gasteiger partial charge is 0.404 e. The summed E-state index contributed by atoms with van der Waals surface area (Å²) < 4.78 is 113. The molecule has 0 bridgehead atoms. The maximum absolute atomic E-state index is 13.6. The minimum atomic E-state index is -5.82. The van der Waals surface area contributed by atoms with Crippen molar-refractivity contribution in [2.75, 3.05) is 35.0 Å². The van der Waals surface area contributed by atoms with Crippen LogP contribution in [0.1, 0.15) is 45.9 Å². The van der Waals surface area contributed by atoms with Crippen LogP contribution in [0.5, 0.6) is 5.75 Å². The van der Waals surface area contributed by atoms with Crippen LogP contribution in [0.3, 0.4) is 0 Å². The Balaban J connectivity index is 1.62. The van der Waals surface area contributed by atoms with Crippen molar-refractivity contribution in [1.82, 2.24) is 5.32 Å². The number of hydrogen-bond donors (Lipinski definition) is 3. The van der Waals surface area contributed by atoms with Crippen LogP contribution in [0.2, 0.25) is 0 Å². The zero-order valence-electron chi connectivity index (χ0n) is 25.8. The lowest BCUT2D eigenvalue weighted by atomic mass is 9.96. The quantitative estimate of drug-likeness (QED) is 0.213. The zero-order chi connectivity index (χ0) is 35.6. The predicted molar refractivity (Wildman–Crippen MR) is 164 cm³/mol. The van der Waals surface area contributed by atoms with Crippen LogP contribution in [0.4, 0.5) is 43.4 Å². The molecule has 1 aliphatic rings. The van der Waals surface area contributed by atoms with Gasteiger partial charge in [0.2, 0.25) is 15.9 Å². The van der Waals surface area contributed by atoms with E-state index >= 15 is 0 Å². The van der Waals surface area contributed by atoms with Crippen LogP contribution in [-0.4, -0.2) is 58.5 Å². The van der Waals surface area contributed by atoms with E-state index in [9.17, 15) is 44.3 Å². The van der Waals surface area contributed by atoms with E-state index in [2.05, 4.69) is 21.0 Å². The van der Waals surface area contributed by atoms with Gasteiger partial charge in [0.1, 0.15) is 0 Å². The Hall–Kier alpha value is -4.87. The van der Waals surface area contributed by atoms with Crippen molar-refractivity contribution in [3.05, 3.63) is 82.9 Å². The highest BCUT2D eigenvalue weighted by molar-refractivity contribution is 7.92. The average Bonchev–Trinajstić information content (AvgIpc) is 3.46. The van der Waals surface area contributed by atoms with Crippen LogP contribution in [0.15, 0.2) is 71.0 Å². The van der Waals surface area contributed by atoms with Gasteiger partial charge in [-0.05, 0) is 54.8 Å². The van der Waals surface area contributed by atoms with Crippen molar-refractivity contribution < 1.29 is 49.1 Å². The van der Waals surface area contributed by atoms with E-state index in [0.717, 1.165) is 12.7 Å². The highest BCUT2D eigenvalue weighted by Gasteiger charge is 2.57. The molecule has 0 radical (unpaired) electrons. The number of aryl methyl sites for hydroxylation is 1. The number of benzene rings is 3. The molecule has 0 saturated heterocycles. The van der Waals surface area contributed by atoms with E-state index < -0.39 is 68.8 Å². The number of rotatable bonds is 10. The zero-order valence-corrected chi connectivity index (χ0v) is 26.6. The summed E-state index contributed by atoms with van der Waals surface area (Å²) in [7, 11) is -3.25. The molecule has 3 N–H and O–H groups in total. The molecule has 2 atom stereocenters. The largest absolute Gasteiger partial charge is 0.492 e. The highest BCUT2D eigenvalue weighted by Crippen LogP contribution is 2.49. The third kappa shape index (κ3) is 8.53. The lowest BCUT2D eigenvalue weighted by Crippen LogP contribution is -2.38. The van der Waals surface area contributed by atoms with Crippen molar-refractivity contribution in [3.8, 4) is 5.75 Å². The van der Waals surface area contributed by atoms with Gasteiger partial charge >= 0.3 is 12.4 Å². The fraction of sp³-hybridized carbons (Fsp3) is 0.333. The van der Waals surface area contributed by atoms with Gasteiger partial charge in [-0.2, -0.15) is 31.5 Å². The van der Waals surface area contributed by atoms with Crippen LogP contribution in [-0.2, 0) is 14.8 Å². The van der Waals surface area contributed by atoms with E-state index in [1.165, 1.54) is 23.2 Å². The molecule has 0 aliphatic carbocycles. The number of amides is 2.